The molecule has 0 saturated carbocycles. The molecule has 1 rings (SSSR count). The molecule has 0 radical (unpaired) electrons. The van der Waals surface area contributed by atoms with Crippen LogP contribution < -0.4 is 0 Å². The molecule has 2 heteroatoms. The van der Waals surface area contributed by atoms with Gasteiger partial charge in [0.25, 0.3) is 0 Å². The highest BCUT2D eigenvalue weighted by atomic mass is 79.9. The Morgan fingerprint density at radius 1 is 1.57 bits per heavy atom. The molecule has 0 N–H and O–H groups in total. The van der Waals surface area contributed by atoms with E-state index in [1.54, 1.807) is 0 Å². The summed E-state index contributed by atoms with van der Waals surface area (Å²) in [5.74, 6) is 2.70. The van der Waals surface area contributed by atoms with Gasteiger partial charge in [-0.1, -0.05) is 15.9 Å². The van der Waals surface area contributed by atoms with E-state index >= 15 is 0 Å². The summed E-state index contributed by atoms with van der Waals surface area (Å²) in [6, 6.07) is 0. The molecule has 0 aromatic heterocycles. The Morgan fingerprint density at radius 3 is 2.71 bits per heavy atom. The van der Waals surface area contributed by atoms with Gasteiger partial charge in [0.05, 0.1) is 0 Å². The first-order valence-electron chi connectivity index (χ1n) is 2.61. The second kappa shape index (κ2) is 2.98. The van der Waals surface area contributed by atoms with Gasteiger partial charge in [-0.25, -0.2) is 0 Å². The topological polar surface area (TPSA) is 0 Å². The van der Waals surface area contributed by atoms with Crippen LogP contribution in [0.4, 0.5) is 0 Å². The number of thioether (sulfide) groups is 1. The second-order valence-corrected chi connectivity index (χ2v) is 4.26. The van der Waals surface area contributed by atoms with Crippen molar-refractivity contribution in [3.05, 3.63) is 0 Å². The van der Waals surface area contributed by atoms with Crippen molar-refractivity contribution in [2.24, 2.45) is 0 Å². The molecule has 0 aromatic rings. The Bertz CT molecular complexity index is 50.0. The normalized spacial score (nSPS) is 33.0. The first kappa shape index (κ1) is 5.96. The first-order chi connectivity index (χ1) is 3.39. The van der Waals surface area contributed by atoms with E-state index in [4.69, 9.17) is 0 Å². The van der Waals surface area contributed by atoms with Crippen molar-refractivity contribution in [2.75, 3.05) is 11.5 Å². The fourth-order valence-corrected chi connectivity index (χ4v) is 2.55. The summed E-state index contributed by atoms with van der Waals surface area (Å²) in [4.78, 5) is 0.811. The zero-order valence-corrected chi connectivity index (χ0v) is 6.59. The van der Waals surface area contributed by atoms with Gasteiger partial charge < -0.3 is 0 Å². The third-order valence-electron chi connectivity index (χ3n) is 1.10. The Kier molecular flexibility index (Phi) is 2.53. The van der Waals surface area contributed by atoms with Crippen molar-refractivity contribution in [1.29, 1.82) is 0 Å². The van der Waals surface area contributed by atoms with E-state index in [-0.39, 0.29) is 0 Å². The second-order valence-electron chi connectivity index (χ2n) is 1.81. The molecule has 1 atom stereocenters. The molecule has 0 spiro atoms. The van der Waals surface area contributed by atoms with Crippen molar-refractivity contribution in [3.63, 3.8) is 0 Å². The van der Waals surface area contributed by atoms with E-state index in [9.17, 15) is 0 Å². The van der Waals surface area contributed by atoms with Gasteiger partial charge in [0.2, 0.25) is 0 Å². The third-order valence-corrected chi connectivity index (χ3v) is 3.53. The average molecular weight is 181 g/mol. The summed E-state index contributed by atoms with van der Waals surface area (Å²) < 4.78 is 0. The van der Waals surface area contributed by atoms with Crippen LogP contribution >= 0.6 is 27.7 Å². The van der Waals surface area contributed by atoms with Crippen LogP contribution in [0.1, 0.15) is 12.8 Å². The molecule has 1 heterocycles. The molecule has 42 valence electrons. The average Bonchev–Trinajstić information content (AvgIpc) is 1.69. The lowest BCUT2D eigenvalue weighted by molar-refractivity contribution is 0.789. The van der Waals surface area contributed by atoms with Crippen LogP contribution in [-0.2, 0) is 0 Å². The quantitative estimate of drug-likeness (QED) is 0.516. The van der Waals surface area contributed by atoms with Gasteiger partial charge >= 0.3 is 0 Å². The van der Waals surface area contributed by atoms with Gasteiger partial charge in [-0.15, -0.1) is 0 Å². The van der Waals surface area contributed by atoms with Crippen molar-refractivity contribution in [3.8, 4) is 0 Å². The number of hydrogen-bond donors (Lipinski definition) is 0. The summed E-state index contributed by atoms with van der Waals surface area (Å²) in [6.07, 6.45) is 2.79. The van der Waals surface area contributed by atoms with E-state index in [1.807, 2.05) is 0 Å². The maximum absolute atomic E-state index is 3.57. The molecule has 7 heavy (non-hydrogen) atoms. The maximum Gasteiger partial charge on any atom is 0.0236 e. The third kappa shape index (κ3) is 2.04. The summed E-state index contributed by atoms with van der Waals surface area (Å²) in [6.45, 7) is 0. The lowest BCUT2D eigenvalue weighted by Gasteiger charge is -2.13. The van der Waals surface area contributed by atoms with Crippen LogP contribution in [0.25, 0.3) is 0 Å². The Hall–Kier alpha value is 0.830. The highest BCUT2D eigenvalue weighted by molar-refractivity contribution is 9.09. The van der Waals surface area contributed by atoms with Gasteiger partial charge in [-0.3, -0.25) is 0 Å². The van der Waals surface area contributed by atoms with Crippen LogP contribution in [0.5, 0.6) is 0 Å². The standard InChI is InChI=1S/C5H9BrS/c6-5-2-1-3-7-4-5/h5H,1-4H2. The smallest absolute Gasteiger partial charge is 0.0236 e. The molecule has 1 saturated heterocycles. The Morgan fingerprint density at radius 2 is 2.43 bits per heavy atom. The molecule has 1 fully saturated rings. The zero-order valence-electron chi connectivity index (χ0n) is 4.19. The monoisotopic (exact) mass is 180 g/mol. The van der Waals surface area contributed by atoms with Crippen LogP contribution in [0, 0.1) is 0 Å². The molecular weight excluding hydrogens is 172 g/mol. The van der Waals surface area contributed by atoms with Crippen LogP contribution in [0.2, 0.25) is 0 Å². The molecule has 0 amide bonds. The Labute approximate surface area is 57.2 Å². The minimum absolute atomic E-state index is 0.811. The molecule has 0 bridgehead atoms. The molecule has 0 aliphatic carbocycles. The molecule has 1 aliphatic rings. The van der Waals surface area contributed by atoms with E-state index in [0.29, 0.717) is 0 Å². The van der Waals surface area contributed by atoms with Gasteiger partial charge in [0, 0.05) is 10.6 Å². The summed E-state index contributed by atoms with van der Waals surface area (Å²) in [5.41, 5.74) is 0. The minimum Gasteiger partial charge on any atom is -0.161 e. The van der Waals surface area contributed by atoms with Crippen molar-refractivity contribution in [2.45, 2.75) is 17.7 Å². The number of rotatable bonds is 0. The molecule has 0 aromatic carbocycles. The van der Waals surface area contributed by atoms with E-state index in [0.717, 1.165) is 4.83 Å². The summed E-state index contributed by atoms with van der Waals surface area (Å²) >= 11 is 5.62. The van der Waals surface area contributed by atoms with Gasteiger partial charge in [-0.05, 0) is 18.6 Å². The molecule has 1 aliphatic heterocycles. The maximum atomic E-state index is 3.57. The lowest BCUT2D eigenvalue weighted by atomic mass is 10.3. The number of alkyl halides is 1. The van der Waals surface area contributed by atoms with Crippen molar-refractivity contribution < 1.29 is 0 Å². The highest BCUT2D eigenvalue weighted by Gasteiger charge is 2.08. The van der Waals surface area contributed by atoms with E-state index in [2.05, 4.69) is 27.7 Å². The molecule has 1 unspecified atom stereocenters. The first-order valence-corrected chi connectivity index (χ1v) is 4.68. The summed E-state index contributed by atoms with van der Waals surface area (Å²) in [7, 11) is 0. The zero-order chi connectivity index (χ0) is 5.11. The Balaban J connectivity index is 2.12. The largest absolute Gasteiger partial charge is 0.161 e. The lowest BCUT2D eigenvalue weighted by Crippen LogP contribution is -2.07. The molecular formula is C5H9BrS. The summed E-state index contributed by atoms with van der Waals surface area (Å²) in [5, 5.41) is 0. The minimum atomic E-state index is 0.811. The van der Waals surface area contributed by atoms with Crippen LogP contribution in [-0.4, -0.2) is 16.3 Å². The highest BCUT2D eigenvalue weighted by Crippen LogP contribution is 2.21. The van der Waals surface area contributed by atoms with Gasteiger partial charge in [-0.2, -0.15) is 11.8 Å². The van der Waals surface area contributed by atoms with Gasteiger partial charge in [0.15, 0.2) is 0 Å². The van der Waals surface area contributed by atoms with E-state index < -0.39 is 0 Å². The number of hydrogen-bond acceptors (Lipinski definition) is 1. The predicted molar refractivity (Wildman–Crippen MR) is 39.3 cm³/mol. The number of halogens is 1. The van der Waals surface area contributed by atoms with Crippen LogP contribution in [0.3, 0.4) is 0 Å². The molecule has 0 nitrogen and oxygen atoms in total. The van der Waals surface area contributed by atoms with Crippen LogP contribution in [0.15, 0.2) is 0 Å². The fourth-order valence-electron chi connectivity index (χ4n) is 0.701. The SMILES string of the molecule is BrC1CCCSC1. The van der Waals surface area contributed by atoms with Gasteiger partial charge in [0.1, 0.15) is 0 Å². The van der Waals surface area contributed by atoms with Crippen molar-refractivity contribution in [1.82, 2.24) is 0 Å². The van der Waals surface area contributed by atoms with E-state index in [1.165, 1.54) is 24.3 Å². The predicted octanol–water partition coefficient (Wildman–Crippen LogP) is 2.28. The fraction of sp³-hybridized carbons (Fsp3) is 1.00. The van der Waals surface area contributed by atoms with Crippen molar-refractivity contribution >= 4 is 27.7 Å².